The molecular formula is C115H66N14Pt3S3. The van der Waals surface area contributed by atoms with Crippen molar-refractivity contribution in [2.75, 3.05) is 0 Å². The molecule has 0 fully saturated rings. The third-order valence-corrected chi connectivity index (χ3v) is 26.9. The molecule has 14 nitrogen and oxygen atoms in total. The maximum atomic E-state index is 5.08. The summed E-state index contributed by atoms with van der Waals surface area (Å²) in [5.41, 5.74) is 30.9. The zero-order valence-corrected chi connectivity index (χ0v) is 80.3. The monoisotopic (exact) mass is 2320 g/mol. The van der Waals surface area contributed by atoms with Crippen LogP contribution in [0.25, 0.3) is 234 Å². The Morgan fingerprint density at radius 1 is 0.222 bits per heavy atom. The molecule has 0 N–H and O–H groups in total. The third kappa shape index (κ3) is 16.7. The summed E-state index contributed by atoms with van der Waals surface area (Å²) >= 11 is 5.07. The van der Waals surface area contributed by atoms with Gasteiger partial charge >= 0.3 is 63.2 Å². The standard InChI is InChI=1S/2C40H23N5S.C35H20N4S.3Pt/c1-2-10-39-36(9-1)44-40(46-39)34-25-38-33(24-31(34)27-15-20-42-21-16-27)32-23-28(26-13-18-41-19-14-26)11-12-37(32)45(38)30-7-5-6-29(22-30)35-8-3-4-17-43-35;1-2-7-39-35(6-1)44-40(46-39)30-9-12-32-33-23-28(26-14-19-41-20-15-26)10-13-36(33)45(38(32)25-30)37-24-29(34-5-3-4-18-43-34)8-11-31(37)27-16-21-42-22-17-27;1-3-13-32-27(9-1)28-16-15-25(35-38-31-10-2-4-14-34(31)40-35)22-33(28)39(32)26-8-5-7-24(21-26)30-12-6-11-29(37-30)23-17-19-36-20-18-23;;;/h1-21,23-24H;1-23H;1-20H;;;/q3*-2;3*+2. The van der Waals surface area contributed by atoms with E-state index in [9.17, 15) is 0 Å². The first kappa shape index (κ1) is 86.7. The average molecular weight is 2330 g/mol. The molecule has 0 aliphatic heterocycles. The van der Waals surface area contributed by atoms with Crippen LogP contribution in [-0.2, 0) is 63.2 Å². The van der Waals surface area contributed by atoms with Gasteiger partial charge in [-0.05, 0) is 223 Å². The van der Waals surface area contributed by atoms with Crippen LogP contribution in [-0.4, -0.2) is 68.5 Å². The molecule has 0 radical (unpaired) electrons. The zero-order chi connectivity index (χ0) is 87.4. The maximum absolute atomic E-state index is 5.08. The maximum Gasteiger partial charge on any atom is 2.00 e. The summed E-state index contributed by atoms with van der Waals surface area (Å²) in [4.78, 5) is 50.3. The minimum absolute atomic E-state index is 0. The number of fused-ring (bicyclic) bond motifs is 12. The van der Waals surface area contributed by atoms with Gasteiger partial charge in [0.05, 0.1) is 22.2 Å². The molecule has 0 saturated carbocycles. The smallest absolute Gasteiger partial charge is 0.346 e. The molecule has 0 bridgehead atoms. The number of pyridine rings is 8. The predicted molar refractivity (Wildman–Crippen MR) is 537 cm³/mol. The molecule has 135 heavy (non-hydrogen) atoms. The van der Waals surface area contributed by atoms with E-state index in [0.29, 0.717) is 0 Å². The van der Waals surface area contributed by atoms with Gasteiger partial charge in [-0.15, -0.1) is 149 Å². The van der Waals surface area contributed by atoms with Crippen molar-refractivity contribution in [1.29, 1.82) is 0 Å². The first-order valence-corrected chi connectivity index (χ1v) is 45.4. The summed E-state index contributed by atoms with van der Waals surface area (Å²) in [5.74, 6) is 0. The number of aromatic nitrogens is 14. The van der Waals surface area contributed by atoms with Crippen LogP contribution >= 0.6 is 34.0 Å². The number of hydrogen-bond donors (Lipinski definition) is 0. The number of nitrogens with zero attached hydrogens (tertiary/aromatic N) is 14. The summed E-state index contributed by atoms with van der Waals surface area (Å²) in [5, 5.41) is 9.63. The minimum Gasteiger partial charge on any atom is -0.346 e. The second-order valence-corrected chi connectivity index (χ2v) is 34.7. The predicted octanol–water partition coefficient (Wildman–Crippen LogP) is 28.5. The van der Waals surface area contributed by atoms with Gasteiger partial charge in [0.1, 0.15) is 0 Å². The first-order chi connectivity index (χ1) is 65.4. The minimum atomic E-state index is 0. The Morgan fingerprint density at radius 2 is 0.630 bits per heavy atom. The van der Waals surface area contributed by atoms with Crippen LogP contribution in [0.4, 0.5) is 0 Å². The quantitative estimate of drug-likeness (QED) is 0.0955. The second-order valence-electron chi connectivity index (χ2n) is 31.6. The number of para-hydroxylation sites is 4. The zero-order valence-electron chi connectivity index (χ0n) is 71.0. The van der Waals surface area contributed by atoms with Crippen molar-refractivity contribution in [3.8, 4) is 138 Å². The Kier molecular flexibility index (Phi) is 24.3. The van der Waals surface area contributed by atoms with E-state index in [1.54, 1.807) is 46.4 Å². The summed E-state index contributed by atoms with van der Waals surface area (Å²) in [6.07, 6.45) is 21.9. The van der Waals surface area contributed by atoms with E-state index in [0.717, 1.165) is 224 Å². The van der Waals surface area contributed by atoms with E-state index in [-0.39, 0.29) is 63.2 Å². The van der Waals surface area contributed by atoms with Crippen LogP contribution in [0, 0.1) is 36.4 Å². The molecule has 0 aliphatic carbocycles. The van der Waals surface area contributed by atoms with Crippen molar-refractivity contribution in [3.63, 3.8) is 0 Å². The van der Waals surface area contributed by atoms with E-state index in [4.69, 9.17) is 19.9 Å². The van der Waals surface area contributed by atoms with Crippen LogP contribution in [0.3, 0.4) is 0 Å². The summed E-state index contributed by atoms with van der Waals surface area (Å²) in [6.45, 7) is 0. The van der Waals surface area contributed by atoms with Gasteiger partial charge in [0.2, 0.25) is 0 Å². The summed E-state index contributed by atoms with van der Waals surface area (Å²) < 4.78 is 10.3. The van der Waals surface area contributed by atoms with Crippen LogP contribution in [0.1, 0.15) is 0 Å². The Labute approximate surface area is 830 Å². The van der Waals surface area contributed by atoms with Gasteiger partial charge in [-0.25, -0.2) is 0 Å². The normalized spacial score (nSPS) is 11.2. The van der Waals surface area contributed by atoms with Crippen LogP contribution in [0.5, 0.6) is 0 Å². The SMILES string of the molecule is [Pt+2].[Pt+2].[Pt+2].[c-]1c(-c2cccc(-c3ccncc3)n2)cccc1-n1c2[c-]c(-c3nc4ccccc4s3)ccc2c2ccccc21.[c-]1c(-c2ccccn2)ccc(-c2ccncc2)c1-n1c2[c-]c(-c3nc4ccccc4s3)ccc2c2cc(-c3ccncc3)ccc21.[c-]1c(-c2ccccn2)cccc1-n1c2[c-]c(-c3nc4ccccc4s3)c(-c3ccncc3)cc2c2cc(-c3ccncc3)ccc21. The molecule has 0 spiro atoms. The first-order valence-electron chi connectivity index (χ1n) is 42.9. The van der Waals surface area contributed by atoms with Crippen molar-refractivity contribution < 1.29 is 63.2 Å². The Hall–Kier alpha value is -15.0. The molecule has 14 heterocycles. The van der Waals surface area contributed by atoms with Crippen molar-refractivity contribution in [1.82, 2.24) is 68.5 Å². The number of benzene rings is 12. The van der Waals surface area contributed by atoms with E-state index in [1.165, 1.54) is 10.1 Å². The molecule has 26 rings (SSSR count). The summed E-state index contributed by atoms with van der Waals surface area (Å²) in [6, 6.07) is 135. The van der Waals surface area contributed by atoms with Gasteiger partial charge in [-0.1, -0.05) is 154 Å². The van der Waals surface area contributed by atoms with E-state index in [1.807, 2.05) is 183 Å². The van der Waals surface area contributed by atoms with Gasteiger partial charge in [0.25, 0.3) is 0 Å². The topological polar surface area (TPSA) is 157 Å². The summed E-state index contributed by atoms with van der Waals surface area (Å²) in [7, 11) is 0. The molecule has 12 aromatic carbocycles. The van der Waals surface area contributed by atoms with Crippen molar-refractivity contribution in [2.45, 2.75) is 0 Å². The molecule has 0 aliphatic rings. The molecule has 0 saturated heterocycles. The van der Waals surface area contributed by atoms with Crippen LogP contribution < -0.4 is 0 Å². The largest absolute Gasteiger partial charge is 2.00 e. The molecule has 644 valence electrons. The Morgan fingerprint density at radius 3 is 1.17 bits per heavy atom. The van der Waals surface area contributed by atoms with E-state index in [2.05, 4.69) is 291 Å². The molecule has 0 amide bonds. The molecule has 20 heteroatoms. The number of thiazole rings is 3. The van der Waals surface area contributed by atoms with Crippen molar-refractivity contribution >= 4 is 130 Å². The van der Waals surface area contributed by atoms with Crippen molar-refractivity contribution in [3.05, 3.63) is 438 Å². The van der Waals surface area contributed by atoms with Crippen LogP contribution in [0.2, 0.25) is 0 Å². The van der Waals surface area contributed by atoms with Gasteiger partial charge in [-0.3, -0.25) is 44.9 Å². The fraction of sp³-hybridized carbons (Fsp3) is 0. The van der Waals surface area contributed by atoms with Gasteiger partial charge in [0.15, 0.2) is 0 Å². The molecule has 14 aromatic heterocycles. The number of hydrogen-bond acceptors (Lipinski definition) is 14. The molecule has 26 aromatic rings. The molecular weight excluding hydrogens is 2260 g/mol. The Balaban J connectivity index is 0.000000120. The van der Waals surface area contributed by atoms with Gasteiger partial charge in [0, 0.05) is 126 Å². The van der Waals surface area contributed by atoms with Crippen molar-refractivity contribution in [2.24, 2.45) is 0 Å². The molecule has 0 atom stereocenters. The third-order valence-electron chi connectivity index (χ3n) is 23.7. The van der Waals surface area contributed by atoms with E-state index >= 15 is 0 Å². The van der Waals surface area contributed by atoms with Gasteiger partial charge < -0.3 is 23.7 Å². The second kappa shape index (κ2) is 37.9. The fourth-order valence-electron chi connectivity index (χ4n) is 17.5. The average Bonchev–Trinajstić information content (AvgIpc) is 1.58. The van der Waals surface area contributed by atoms with Crippen LogP contribution in [0.15, 0.2) is 402 Å². The Bertz CT molecular complexity index is 8770. The fourth-order valence-corrected chi connectivity index (χ4v) is 20.4. The number of rotatable bonds is 14. The van der Waals surface area contributed by atoms with Gasteiger partial charge in [-0.2, -0.15) is 34.0 Å². The van der Waals surface area contributed by atoms with E-state index < -0.39 is 0 Å². The molecule has 0 unspecified atom stereocenters.